The summed E-state index contributed by atoms with van der Waals surface area (Å²) < 4.78 is 5.08. The van der Waals surface area contributed by atoms with Crippen molar-refractivity contribution in [2.75, 3.05) is 46.9 Å². The van der Waals surface area contributed by atoms with Gasteiger partial charge in [0.1, 0.15) is 0 Å². The molecule has 1 atom stereocenters. The number of nitrogens with one attached hydrogen (secondary N) is 2. The fourth-order valence-electron chi connectivity index (χ4n) is 3.14. The van der Waals surface area contributed by atoms with Gasteiger partial charge in [0.05, 0.1) is 6.04 Å². The first-order valence-electron chi connectivity index (χ1n) is 8.98. The molecule has 0 bridgehead atoms. The van der Waals surface area contributed by atoms with Crippen molar-refractivity contribution < 1.29 is 4.74 Å². The summed E-state index contributed by atoms with van der Waals surface area (Å²) in [5.41, 5.74) is 2.69. The van der Waals surface area contributed by atoms with Crippen molar-refractivity contribution in [1.29, 1.82) is 0 Å². The van der Waals surface area contributed by atoms with Gasteiger partial charge in [-0.3, -0.25) is 9.89 Å². The maximum Gasteiger partial charge on any atom is 0.191 e. The molecule has 5 heteroatoms. The molecule has 1 saturated heterocycles. The van der Waals surface area contributed by atoms with Crippen LogP contribution < -0.4 is 10.6 Å². The van der Waals surface area contributed by atoms with Gasteiger partial charge in [-0.15, -0.1) is 0 Å². The highest BCUT2D eigenvalue weighted by Crippen LogP contribution is 2.24. The Morgan fingerprint density at radius 1 is 1.21 bits per heavy atom. The molecule has 0 aromatic heterocycles. The second kappa shape index (κ2) is 10.3. The predicted molar refractivity (Wildman–Crippen MR) is 101 cm³/mol. The van der Waals surface area contributed by atoms with Crippen molar-refractivity contribution in [1.82, 2.24) is 15.5 Å². The lowest BCUT2D eigenvalue weighted by molar-refractivity contribution is 0.195. The predicted octanol–water partition coefficient (Wildman–Crippen LogP) is 2.33. The highest BCUT2D eigenvalue weighted by molar-refractivity contribution is 5.79. The van der Waals surface area contributed by atoms with E-state index < -0.39 is 0 Å². The van der Waals surface area contributed by atoms with Gasteiger partial charge in [-0.2, -0.15) is 0 Å². The van der Waals surface area contributed by atoms with Crippen LogP contribution in [0.15, 0.2) is 29.3 Å². The van der Waals surface area contributed by atoms with Crippen LogP contribution in [0.1, 0.15) is 36.4 Å². The number of rotatable bonds is 8. The monoisotopic (exact) mass is 332 g/mol. The fraction of sp³-hybridized carbons (Fsp3) is 0.632. The number of likely N-dealkylation sites (tertiary alicyclic amines) is 1. The molecule has 134 valence electrons. The number of guanidine groups is 1. The van der Waals surface area contributed by atoms with Gasteiger partial charge in [0.15, 0.2) is 5.96 Å². The molecule has 2 rings (SSSR count). The smallest absolute Gasteiger partial charge is 0.191 e. The number of hydrogen-bond donors (Lipinski definition) is 2. The Kier molecular flexibility index (Phi) is 8.05. The molecule has 1 aromatic carbocycles. The largest absolute Gasteiger partial charge is 0.385 e. The molecule has 5 nitrogen and oxygen atoms in total. The van der Waals surface area contributed by atoms with Gasteiger partial charge < -0.3 is 15.4 Å². The van der Waals surface area contributed by atoms with Crippen LogP contribution >= 0.6 is 0 Å². The number of methoxy groups -OCH3 is 1. The number of hydrogen-bond acceptors (Lipinski definition) is 3. The summed E-state index contributed by atoms with van der Waals surface area (Å²) in [6, 6.07) is 9.32. The van der Waals surface area contributed by atoms with E-state index in [1.165, 1.54) is 37.1 Å². The van der Waals surface area contributed by atoms with Crippen molar-refractivity contribution in [3.05, 3.63) is 35.4 Å². The van der Waals surface area contributed by atoms with Gasteiger partial charge in [0.25, 0.3) is 0 Å². The van der Waals surface area contributed by atoms with Crippen LogP contribution in [0.2, 0.25) is 0 Å². The summed E-state index contributed by atoms with van der Waals surface area (Å²) >= 11 is 0. The molecule has 24 heavy (non-hydrogen) atoms. The van der Waals surface area contributed by atoms with E-state index in [1.54, 1.807) is 7.11 Å². The third-order valence-electron chi connectivity index (χ3n) is 4.55. The first-order chi connectivity index (χ1) is 11.7. The van der Waals surface area contributed by atoms with Crippen LogP contribution in [0.4, 0.5) is 0 Å². The van der Waals surface area contributed by atoms with Crippen molar-refractivity contribution in [2.24, 2.45) is 4.99 Å². The topological polar surface area (TPSA) is 48.9 Å². The lowest BCUT2D eigenvalue weighted by Crippen LogP contribution is -2.43. The van der Waals surface area contributed by atoms with E-state index in [9.17, 15) is 0 Å². The summed E-state index contributed by atoms with van der Waals surface area (Å²) in [4.78, 5) is 6.91. The molecule has 1 aliphatic heterocycles. The molecule has 1 heterocycles. The zero-order valence-electron chi connectivity index (χ0n) is 15.3. The number of benzene rings is 1. The van der Waals surface area contributed by atoms with E-state index >= 15 is 0 Å². The Morgan fingerprint density at radius 3 is 2.54 bits per heavy atom. The van der Waals surface area contributed by atoms with Crippen molar-refractivity contribution in [3.8, 4) is 0 Å². The molecule has 2 N–H and O–H groups in total. The number of ether oxygens (including phenoxy) is 1. The second-order valence-corrected chi connectivity index (χ2v) is 6.40. The van der Waals surface area contributed by atoms with E-state index in [0.717, 1.165) is 32.1 Å². The lowest BCUT2D eigenvalue weighted by Gasteiger charge is -2.29. The summed E-state index contributed by atoms with van der Waals surface area (Å²) in [6.07, 6.45) is 3.57. The Labute approximate surface area is 146 Å². The maximum absolute atomic E-state index is 5.08. The summed E-state index contributed by atoms with van der Waals surface area (Å²) in [7, 11) is 3.55. The zero-order valence-corrected chi connectivity index (χ0v) is 15.3. The van der Waals surface area contributed by atoms with Gasteiger partial charge in [-0.05, 0) is 44.8 Å². The van der Waals surface area contributed by atoms with E-state index in [2.05, 4.69) is 51.7 Å². The Balaban J connectivity index is 1.93. The minimum Gasteiger partial charge on any atom is -0.385 e. The molecule has 1 aliphatic rings. The first kappa shape index (κ1) is 18.7. The molecule has 0 spiro atoms. The van der Waals surface area contributed by atoms with Crippen molar-refractivity contribution in [2.45, 2.75) is 32.2 Å². The third kappa shape index (κ3) is 5.80. The zero-order chi connectivity index (χ0) is 17.2. The van der Waals surface area contributed by atoms with Gasteiger partial charge in [-0.1, -0.05) is 29.8 Å². The number of aryl methyl sites for hydroxylation is 1. The molecule has 1 fully saturated rings. The summed E-state index contributed by atoms with van der Waals surface area (Å²) in [6.45, 7) is 7.00. The number of nitrogens with zero attached hydrogens (tertiary/aromatic N) is 2. The normalized spacial score (nSPS) is 17.0. The molecule has 0 saturated carbocycles. The Bertz CT molecular complexity index is 495. The van der Waals surface area contributed by atoms with E-state index in [4.69, 9.17) is 4.74 Å². The standard InChI is InChI=1S/C19H32N4O/c1-16-7-9-17(10-8-16)18(23-12-4-5-13-23)15-22-19(20-2)21-11-6-14-24-3/h7-10,18H,4-6,11-15H2,1-3H3,(H2,20,21,22). The molecule has 1 aromatic rings. The van der Waals surface area contributed by atoms with Gasteiger partial charge >= 0.3 is 0 Å². The Morgan fingerprint density at radius 2 is 1.92 bits per heavy atom. The highest BCUT2D eigenvalue weighted by atomic mass is 16.5. The van der Waals surface area contributed by atoms with Gasteiger partial charge in [-0.25, -0.2) is 0 Å². The van der Waals surface area contributed by atoms with E-state index in [-0.39, 0.29) is 0 Å². The molecular formula is C19H32N4O. The van der Waals surface area contributed by atoms with Crippen LogP contribution in [-0.4, -0.2) is 57.8 Å². The first-order valence-corrected chi connectivity index (χ1v) is 8.98. The van der Waals surface area contributed by atoms with Crippen molar-refractivity contribution in [3.63, 3.8) is 0 Å². The average Bonchev–Trinajstić information content (AvgIpc) is 3.13. The van der Waals surface area contributed by atoms with Gasteiger partial charge in [0.2, 0.25) is 0 Å². The molecule has 0 aliphatic carbocycles. The molecule has 1 unspecified atom stereocenters. The van der Waals surface area contributed by atoms with Gasteiger partial charge in [0, 0.05) is 33.9 Å². The summed E-state index contributed by atoms with van der Waals surface area (Å²) in [5.74, 6) is 0.863. The second-order valence-electron chi connectivity index (χ2n) is 6.40. The Hall–Kier alpha value is -1.59. The van der Waals surface area contributed by atoms with E-state index in [0.29, 0.717) is 6.04 Å². The SMILES string of the molecule is CN=C(NCCCOC)NCC(c1ccc(C)cc1)N1CCCC1. The maximum atomic E-state index is 5.08. The average molecular weight is 332 g/mol. The highest BCUT2D eigenvalue weighted by Gasteiger charge is 2.23. The summed E-state index contributed by atoms with van der Waals surface area (Å²) in [5, 5.41) is 6.84. The number of aliphatic imine (C=N–C) groups is 1. The van der Waals surface area contributed by atoms with Crippen LogP contribution in [0.3, 0.4) is 0 Å². The minimum atomic E-state index is 0.394. The minimum absolute atomic E-state index is 0.394. The molecule has 0 amide bonds. The third-order valence-corrected chi connectivity index (χ3v) is 4.55. The molecule has 0 radical (unpaired) electrons. The lowest BCUT2D eigenvalue weighted by atomic mass is 10.0. The fourth-order valence-corrected chi connectivity index (χ4v) is 3.14. The quantitative estimate of drug-likeness (QED) is 0.436. The van der Waals surface area contributed by atoms with E-state index in [1.807, 2.05) is 7.05 Å². The van der Waals surface area contributed by atoms with Crippen LogP contribution in [0.25, 0.3) is 0 Å². The van der Waals surface area contributed by atoms with Crippen molar-refractivity contribution >= 4 is 5.96 Å². The van der Waals surface area contributed by atoms with Crippen LogP contribution in [0, 0.1) is 6.92 Å². The van der Waals surface area contributed by atoms with Crippen LogP contribution in [-0.2, 0) is 4.74 Å². The molecular weight excluding hydrogens is 300 g/mol. The van der Waals surface area contributed by atoms with Crippen LogP contribution in [0.5, 0.6) is 0 Å².